The molecule has 154 valence electrons. The molecule has 4 rings (SSSR count). The van der Waals surface area contributed by atoms with Gasteiger partial charge in [-0.1, -0.05) is 32.0 Å². The molecule has 0 radical (unpaired) electrons. The molecule has 2 N–H and O–H groups in total. The summed E-state index contributed by atoms with van der Waals surface area (Å²) in [6.45, 7) is 5.52. The van der Waals surface area contributed by atoms with Crippen LogP contribution in [0.3, 0.4) is 0 Å². The predicted molar refractivity (Wildman–Crippen MR) is 121 cm³/mol. The van der Waals surface area contributed by atoms with Gasteiger partial charge >= 0.3 is 0 Å². The first-order chi connectivity index (χ1) is 14.5. The molecule has 0 atom stereocenters. The fourth-order valence-electron chi connectivity index (χ4n) is 3.56. The highest BCUT2D eigenvalue weighted by atomic mass is 16.2. The molecule has 6 heteroatoms. The van der Waals surface area contributed by atoms with Gasteiger partial charge in [0.1, 0.15) is 5.82 Å². The third kappa shape index (κ3) is 4.27. The molecule has 6 nitrogen and oxygen atoms in total. The van der Waals surface area contributed by atoms with Crippen molar-refractivity contribution in [2.75, 3.05) is 28.6 Å². The van der Waals surface area contributed by atoms with Gasteiger partial charge in [-0.3, -0.25) is 9.59 Å². The fraction of sp³-hybridized carbons (Fsp3) is 0.292. The van der Waals surface area contributed by atoms with Gasteiger partial charge in [0.2, 0.25) is 5.91 Å². The summed E-state index contributed by atoms with van der Waals surface area (Å²) in [6.07, 6.45) is 2.22. The van der Waals surface area contributed by atoms with E-state index in [1.165, 1.54) is 0 Å². The van der Waals surface area contributed by atoms with Crippen molar-refractivity contribution >= 4 is 39.9 Å². The van der Waals surface area contributed by atoms with E-state index >= 15 is 0 Å². The van der Waals surface area contributed by atoms with Crippen molar-refractivity contribution in [1.29, 1.82) is 0 Å². The Hall–Kier alpha value is -3.41. The molecule has 0 bridgehead atoms. The minimum Gasteiger partial charge on any atom is -0.356 e. The first kappa shape index (κ1) is 19.9. The van der Waals surface area contributed by atoms with Crippen LogP contribution in [0.5, 0.6) is 0 Å². The minimum atomic E-state index is -0.186. The summed E-state index contributed by atoms with van der Waals surface area (Å²) in [5.41, 5.74) is 2.84. The Morgan fingerprint density at radius 3 is 2.23 bits per heavy atom. The quantitative estimate of drug-likeness (QED) is 0.650. The van der Waals surface area contributed by atoms with Gasteiger partial charge in [0.15, 0.2) is 0 Å². The molecular weight excluding hydrogens is 376 g/mol. The van der Waals surface area contributed by atoms with Crippen molar-refractivity contribution in [2.45, 2.75) is 26.7 Å². The monoisotopic (exact) mass is 402 g/mol. The Morgan fingerprint density at radius 2 is 1.57 bits per heavy atom. The summed E-state index contributed by atoms with van der Waals surface area (Å²) in [5, 5.41) is 6.77. The van der Waals surface area contributed by atoms with Crippen molar-refractivity contribution in [2.24, 2.45) is 5.92 Å². The molecule has 2 heterocycles. The molecule has 1 saturated heterocycles. The Balaban J connectivity index is 1.58. The molecule has 1 aliphatic rings. The Labute approximate surface area is 176 Å². The molecule has 0 aliphatic carbocycles. The molecule has 1 fully saturated rings. The standard InChI is InChI=1S/C24H26N4O2/c1-16(2)23(29)25-18-9-11-19(12-10-18)26-24(30)20-15-17-7-3-4-8-21(17)27-22(20)28-13-5-6-14-28/h3-4,7-12,15-16H,5-6,13-14H2,1-2H3,(H,25,29)(H,26,30). The highest BCUT2D eigenvalue weighted by Gasteiger charge is 2.22. The van der Waals surface area contributed by atoms with E-state index in [-0.39, 0.29) is 17.7 Å². The van der Waals surface area contributed by atoms with E-state index in [1.54, 1.807) is 24.3 Å². The van der Waals surface area contributed by atoms with Crippen LogP contribution in [0.4, 0.5) is 17.2 Å². The van der Waals surface area contributed by atoms with Crippen LogP contribution in [-0.2, 0) is 4.79 Å². The lowest BCUT2D eigenvalue weighted by Gasteiger charge is -2.20. The summed E-state index contributed by atoms with van der Waals surface area (Å²) in [4.78, 5) is 32.0. The van der Waals surface area contributed by atoms with E-state index in [2.05, 4.69) is 15.5 Å². The molecule has 0 spiro atoms. The van der Waals surface area contributed by atoms with Crippen LogP contribution >= 0.6 is 0 Å². The Bertz CT molecular complexity index is 1070. The van der Waals surface area contributed by atoms with Crippen molar-refractivity contribution in [3.63, 3.8) is 0 Å². The minimum absolute atomic E-state index is 0.0377. The number of aromatic nitrogens is 1. The second-order valence-electron chi connectivity index (χ2n) is 7.92. The lowest BCUT2D eigenvalue weighted by Crippen LogP contribution is -2.24. The number of nitrogens with one attached hydrogen (secondary N) is 2. The number of carbonyl (C=O) groups is 2. The van der Waals surface area contributed by atoms with Crippen LogP contribution in [0.2, 0.25) is 0 Å². The number of hydrogen-bond acceptors (Lipinski definition) is 4. The number of nitrogens with zero attached hydrogens (tertiary/aromatic N) is 2. The molecular formula is C24H26N4O2. The lowest BCUT2D eigenvalue weighted by atomic mass is 10.1. The zero-order chi connectivity index (χ0) is 21.1. The van der Waals surface area contributed by atoms with E-state index in [0.717, 1.165) is 42.7 Å². The smallest absolute Gasteiger partial charge is 0.259 e. The van der Waals surface area contributed by atoms with E-state index in [4.69, 9.17) is 4.98 Å². The number of fused-ring (bicyclic) bond motifs is 1. The number of anilines is 3. The van der Waals surface area contributed by atoms with Gasteiger partial charge in [-0.2, -0.15) is 0 Å². The average Bonchev–Trinajstić information content (AvgIpc) is 3.29. The number of para-hydroxylation sites is 1. The first-order valence-corrected chi connectivity index (χ1v) is 10.4. The maximum atomic E-state index is 13.1. The molecule has 2 aromatic carbocycles. The van der Waals surface area contributed by atoms with E-state index < -0.39 is 0 Å². The number of pyridine rings is 1. The molecule has 0 saturated carbocycles. The highest BCUT2D eigenvalue weighted by molar-refractivity contribution is 6.09. The van der Waals surface area contributed by atoms with Gasteiger partial charge in [0.05, 0.1) is 11.1 Å². The Morgan fingerprint density at radius 1 is 0.933 bits per heavy atom. The van der Waals surface area contributed by atoms with Gasteiger partial charge < -0.3 is 15.5 Å². The van der Waals surface area contributed by atoms with Gasteiger partial charge in [-0.25, -0.2) is 4.98 Å². The van der Waals surface area contributed by atoms with E-state index in [9.17, 15) is 9.59 Å². The fourth-order valence-corrected chi connectivity index (χ4v) is 3.56. The first-order valence-electron chi connectivity index (χ1n) is 10.4. The number of amides is 2. The average molecular weight is 402 g/mol. The van der Waals surface area contributed by atoms with Crippen molar-refractivity contribution in [1.82, 2.24) is 4.98 Å². The van der Waals surface area contributed by atoms with Gasteiger partial charge in [-0.05, 0) is 49.2 Å². The van der Waals surface area contributed by atoms with Gasteiger partial charge in [0.25, 0.3) is 5.91 Å². The van der Waals surface area contributed by atoms with Crippen molar-refractivity contribution < 1.29 is 9.59 Å². The summed E-state index contributed by atoms with van der Waals surface area (Å²) in [7, 11) is 0. The molecule has 2 amide bonds. The lowest BCUT2D eigenvalue weighted by molar-refractivity contribution is -0.118. The van der Waals surface area contributed by atoms with Crippen molar-refractivity contribution in [3.05, 3.63) is 60.2 Å². The number of carbonyl (C=O) groups excluding carboxylic acids is 2. The molecule has 0 unspecified atom stereocenters. The van der Waals surface area contributed by atoms with Crippen LogP contribution in [0.1, 0.15) is 37.0 Å². The van der Waals surface area contributed by atoms with Crippen LogP contribution in [0.25, 0.3) is 10.9 Å². The third-order valence-electron chi connectivity index (χ3n) is 5.29. The van der Waals surface area contributed by atoms with Crippen LogP contribution in [-0.4, -0.2) is 29.9 Å². The molecule has 1 aromatic heterocycles. The largest absolute Gasteiger partial charge is 0.356 e. The second kappa shape index (κ2) is 8.53. The predicted octanol–water partition coefficient (Wildman–Crippen LogP) is 4.68. The second-order valence-corrected chi connectivity index (χ2v) is 7.92. The number of hydrogen-bond donors (Lipinski definition) is 2. The zero-order valence-corrected chi connectivity index (χ0v) is 17.3. The Kier molecular flexibility index (Phi) is 5.65. The molecule has 1 aliphatic heterocycles. The SMILES string of the molecule is CC(C)C(=O)Nc1ccc(NC(=O)c2cc3ccccc3nc2N2CCCC2)cc1. The summed E-state index contributed by atoms with van der Waals surface area (Å²) < 4.78 is 0. The third-order valence-corrected chi connectivity index (χ3v) is 5.29. The van der Waals surface area contributed by atoms with Crippen molar-refractivity contribution in [3.8, 4) is 0 Å². The number of benzene rings is 2. The van der Waals surface area contributed by atoms with Crippen LogP contribution in [0, 0.1) is 5.92 Å². The van der Waals surface area contributed by atoms with Crippen LogP contribution in [0.15, 0.2) is 54.6 Å². The van der Waals surface area contributed by atoms with Gasteiger partial charge in [-0.15, -0.1) is 0 Å². The van der Waals surface area contributed by atoms with Gasteiger partial charge in [0, 0.05) is 35.8 Å². The number of rotatable bonds is 5. The summed E-state index contributed by atoms with van der Waals surface area (Å²) in [6, 6.07) is 16.9. The summed E-state index contributed by atoms with van der Waals surface area (Å²) in [5.74, 6) is 0.428. The zero-order valence-electron chi connectivity index (χ0n) is 17.3. The molecule has 3 aromatic rings. The normalized spacial score (nSPS) is 13.6. The van der Waals surface area contributed by atoms with E-state index in [0.29, 0.717) is 16.9 Å². The maximum absolute atomic E-state index is 13.1. The van der Waals surface area contributed by atoms with Crippen LogP contribution < -0.4 is 15.5 Å². The highest BCUT2D eigenvalue weighted by Crippen LogP contribution is 2.27. The summed E-state index contributed by atoms with van der Waals surface area (Å²) >= 11 is 0. The topological polar surface area (TPSA) is 74.3 Å². The molecule has 30 heavy (non-hydrogen) atoms. The van der Waals surface area contributed by atoms with E-state index in [1.807, 2.05) is 44.2 Å². The maximum Gasteiger partial charge on any atom is 0.259 e.